The van der Waals surface area contributed by atoms with Crippen LogP contribution in [0.15, 0.2) is 42.5 Å². The summed E-state index contributed by atoms with van der Waals surface area (Å²) in [6.45, 7) is 2.05. The fourth-order valence-corrected chi connectivity index (χ4v) is 5.89. The smallest absolute Gasteiger partial charge is 0.310 e. The SMILES string of the molecule is COc1cc([C@@H]2c3cc4c(cc3C[C@H]3COC(=O)[C@@H]32)OCO4)cc2nc3ccc(NC(C)=O)cc3nc12. The predicted molar refractivity (Wildman–Crippen MR) is 134 cm³/mol. The van der Waals surface area contributed by atoms with Gasteiger partial charge in [0.05, 0.1) is 36.2 Å². The van der Waals surface area contributed by atoms with Crippen molar-refractivity contribution in [2.75, 3.05) is 25.8 Å². The molecule has 186 valence electrons. The number of methoxy groups -OCH3 is 1. The van der Waals surface area contributed by atoms with Crippen LogP contribution in [-0.4, -0.2) is 42.4 Å². The van der Waals surface area contributed by atoms with Gasteiger partial charge in [-0.2, -0.15) is 0 Å². The van der Waals surface area contributed by atoms with Crippen LogP contribution in [0.5, 0.6) is 17.2 Å². The predicted octanol–water partition coefficient (Wildman–Crippen LogP) is 3.96. The van der Waals surface area contributed by atoms with Crippen LogP contribution in [0.3, 0.4) is 0 Å². The van der Waals surface area contributed by atoms with E-state index in [1.807, 2.05) is 30.3 Å². The van der Waals surface area contributed by atoms with Crippen LogP contribution in [0.4, 0.5) is 5.69 Å². The molecule has 1 fully saturated rings. The second-order valence-electron chi connectivity index (χ2n) is 9.70. The van der Waals surface area contributed by atoms with Crippen molar-refractivity contribution in [3.8, 4) is 17.2 Å². The van der Waals surface area contributed by atoms with Crippen LogP contribution < -0.4 is 19.5 Å². The summed E-state index contributed by atoms with van der Waals surface area (Å²) in [5.41, 5.74) is 6.29. The lowest BCUT2D eigenvalue weighted by Gasteiger charge is -2.33. The fourth-order valence-electron chi connectivity index (χ4n) is 5.89. The molecule has 2 aliphatic heterocycles. The molecule has 1 N–H and O–H groups in total. The zero-order valence-electron chi connectivity index (χ0n) is 20.2. The summed E-state index contributed by atoms with van der Waals surface area (Å²) in [6, 6.07) is 13.4. The van der Waals surface area contributed by atoms with E-state index in [9.17, 15) is 9.59 Å². The molecule has 0 unspecified atom stereocenters. The van der Waals surface area contributed by atoms with Crippen molar-refractivity contribution < 1.29 is 28.5 Å². The summed E-state index contributed by atoms with van der Waals surface area (Å²) in [7, 11) is 1.59. The minimum Gasteiger partial charge on any atom is -0.494 e. The first-order valence-corrected chi connectivity index (χ1v) is 12.1. The lowest BCUT2D eigenvalue weighted by atomic mass is 9.67. The quantitative estimate of drug-likeness (QED) is 0.335. The Bertz CT molecular complexity index is 1630. The van der Waals surface area contributed by atoms with Crippen LogP contribution in [-0.2, 0) is 20.7 Å². The number of benzene rings is 3. The van der Waals surface area contributed by atoms with E-state index >= 15 is 0 Å². The van der Waals surface area contributed by atoms with E-state index in [-0.39, 0.29) is 36.4 Å². The van der Waals surface area contributed by atoms with Gasteiger partial charge in [-0.15, -0.1) is 0 Å². The number of hydrogen-bond acceptors (Lipinski definition) is 8. The number of amides is 1. The maximum absolute atomic E-state index is 13.0. The summed E-state index contributed by atoms with van der Waals surface area (Å²) in [4.78, 5) is 34.1. The first kappa shape index (κ1) is 21.8. The number of ether oxygens (including phenoxy) is 4. The number of aromatic nitrogens is 2. The first-order valence-electron chi connectivity index (χ1n) is 12.1. The molecule has 9 nitrogen and oxygen atoms in total. The Balaban J connectivity index is 1.42. The largest absolute Gasteiger partial charge is 0.494 e. The Morgan fingerprint density at radius 1 is 1.00 bits per heavy atom. The van der Waals surface area contributed by atoms with Crippen LogP contribution in [0.1, 0.15) is 29.5 Å². The third-order valence-electron chi connectivity index (χ3n) is 7.46. The molecule has 0 saturated carbocycles. The zero-order chi connectivity index (χ0) is 25.3. The number of fused-ring (bicyclic) bond motifs is 5. The van der Waals surface area contributed by atoms with Crippen LogP contribution >= 0.6 is 0 Å². The van der Waals surface area contributed by atoms with Crippen molar-refractivity contribution in [3.05, 3.63) is 59.2 Å². The molecule has 4 aromatic rings. The molecule has 1 aromatic heterocycles. The highest BCUT2D eigenvalue weighted by molar-refractivity contribution is 5.94. The van der Waals surface area contributed by atoms with Crippen molar-refractivity contribution in [2.24, 2.45) is 11.8 Å². The van der Waals surface area contributed by atoms with Gasteiger partial charge < -0.3 is 24.3 Å². The van der Waals surface area contributed by atoms with Crippen LogP contribution in [0, 0.1) is 11.8 Å². The van der Waals surface area contributed by atoms with Gasteiger partial charge in [0.2, 0.25) is 12.7 Å². The third kappa shape index (κ3) is 3.45. The highest BCUT2D eigenvalue weighted by atomic mass is 16.7. The average molecular weight is 498 g/mol. The molecule has 3 atom stereocenters. The Kier molecular flexibility index (Phi) is 4.76. The molecule has 37 heavy (non-hydrogen) atoms. The molecule has 9 heteroatoms. The molecule has 3 aromatic carbocycles. The third-order valence-corrected chi connectivity index (χ3v) is 7.46. The molecule has 1 aliphatic carbocycles. The highest BCUT2D eigenvalue weighted by Gasteiger charge is 2.48. The van der Waals surface area contributed by atoms with E-state index in [1.165, 1.54) is 6.92 Å². The lowest BCUT2D eigenvalue weighted by Crippen LogP contribution is -2.31. The minimum atomic E-state index is -0.316. The normalized spacial score (nSPS) is 21.5. The average Bonchev–Trinajstić information content (AvgIpc) is 3.49. The second kappa shape index (κ2) is 8.06. The topological polar surface area (TPSA) is 109 Å². The zero-order valence-corrected chi connectivity index (χ0v) is 20.2. The molecule has 1 saturated heterocycles. The first-order chi connectivity index (χ1) is 18.0. The number of hydrogen-bond donors (Lipinski definition) is 1. The van der Waals surface area contributed by atoms with E-state index in [0.29, 0.717) is 45.9 Å². The fraction of sp³-hybridized carbons (Fsp3) is 0.286. The van der Waals surface area contributed by atoms with Gasteiger partial charge in [-0.05, 0) is 65.6 Å². The second-order valence-corrected chi connectivity index (χ2v) is 9.70. The molecule has 0 bridgehead atoms. The standard InChI is InChI=1S/C28H23N3O6/c1-13(32)29-17-3-4-19-20(9-17)31-27-21(30-19)6-15(8-24(27)34-2)25-18-10-23-22(36-12-37-23)7-14(18)5-16-11-35-28(33)26(16)25/h3-4,6-10,16,25-26H,5,11-12H2,1-2H3,(H,29,32)/t16-,25+,26-/m0/s1. The van der Waals surface area contributed by atoms with Gasteiger partial charge in [0.1, 0.15) is 11.3 Å². The molecule has 3 heterocycles. The number of rotatable bonds is 3. The Morgan fingerprint density at radius 2 is 1.84 bits per heavy atom. The Labute approximate surface area is 211 Å². The van der Waals surface area contributed by atoms with Gasteiger partial charge in [0.25, 0.3) is 0 Å². The summed E-state index contributed by atoms with van der Waals surface area (Å²) in [6.07, 6.45) is 0.741. The number of nitrogens with zero attached hydrogens (tertiary/aromatic N) is 2. The Hall–Kier alpha value is -4.40. The Morgan fingerprint density at radius 3 is 2.65 bits per heavy atom. The summed E-state index contributed by atoms with van der Waals surface area (Å²) in [5.74, 6) is 1.13. The molecular weight excluding hydrogens is 474 g/mol. The van der Waals surface area contributed by atoms with Crippen molar-refractivity contribution >= 4 is 39.6 Å². The molecule has 3 aliphatic rings. The monoisotopic (exact) mass is 497 g/mol. The van der Waals surface area contributed by atoms with Gasteiger partial charge >= 0.3 is 5.97 Å². The number of cyclic esters (lactones) is 1. The molecule has 7 rings (SSSR count). The van der Waals surface area contributed by atoms with Crippen molar-refractivity contribution in [2.45, 2.75) is 19.3 Å². The van der Waals surface area contributed by atoms with E-state index in [2.05, 4.69) is 5.32 Å². The van der Waals surface area contributed by atoms with Crippen molar-refractivity contribution in [1.82, 2.24) is 9.97 Å². The number of nitrogens with one attached hydrogen (secondary N) is 1. The van der Waals surface area contributed by atoms with E-state index in [1.54, 1.807) is 19.2 Å². The van der Waals surface area contributed by atoms with Gasteiger partial charge in [-0.25, -0.2) is 9.97 Å². The summed E-state index contributed by atoms with van der Waals surface area (Å²) in [5, 5.41) is 2.78. The summed E-state index contributed by atoms with van der Waals surface area (Å²) < 4.78 is 22.6. The lowest BCUT2D eigenvalue weighted by molar-refractivity contribution is -0.141. The number of esters is 1. The number of carbonyl (C=O) groups excluding carboxylic acids is 2. The van der Waals surface area contributed by atoms with E-state index < -0.39 is 0 Å². The minimum absolute atomic E-state index is 0.0712. The van der Waals surface area contributed by atoms with E-state index in [4.69, 9.17) is 28.9 Å². The molecular formula is C28H23N3O6. The number of anilines is 1. The number of carbonyl (C=O) groups is 2. The van der Waals surface area contributed by atoms with Crippen LogP contribution in [0.2, 0.25) is 0 Å². The maximum atomic E-state index is 13.0. The van der Waals surface area contributed by atoms with Crippen LogP contribution in [0.25, 0.3) is 22.1 Å². The van der Waals surface area contributed by atoms with E-state index in [0.717, 1.165) is 28.9 Å². The highest BCUT2D eigenvalue weighted by Crippen LogP contribution is 2.51. The molecule has 0 spiro atoms. The van der Waals surface area contributed by atoms with Gasteiger partial charge in [0, 0.05) is 24.4 Å². The molecule has 0 radical (unpaired) electrons. The van der Waals surface area contributed by atoms with Gasteiger partial charge in [-0.3, -0.25) is 9.59 Å². The maximum Gasteiger partial charge on any atom is 0.310 e. The van der Waals surface area contributed by atoms with Crippen molar-refractivity contribution in [3.63, 3.8) is 0 Å². The van der Waals surface area contributed by atoms with Crippen molar-refractivity contribution in [1.29, 1.82) is 0 Å². The van der Waals surface area contributed by atoms with Gasteiger partial charge in [-0.1, -0.05) is 0 Å². The molecule has 1 amide bonds. The van der Waals surface area contributed by atoms with Gasteiger partial charge in [0.15, 0.2) is 11.5 Å². The summed E-state index contributed by atoms with van der Waals surface area (Å²) >= 11 is 0.